The number of hydrogen-bond donors (Lipinski definition) is 0. The van der Waals surface area contributed by atoms with Gasteiger partial charge >= 0.3 is 5.97 Å². The highest BCUT2D eigenvalue weighted by Gasteiger charge is 2.18. The largest absolute Gasteiger partial charge is 0.486 e. The molecule has 0 amide bonds. The van der Waals surface area contributed by atoms with Crippen LogP contribution in [0.3, 0.4) is 0 Å². The normalized spacial score (nSPS) is 12.6. The first-order valence-electron chi connectivity index (χ1n) is 8.44. The smallest absolute Gasteiger partial charge is 0.310 e. The molecule has 6 nitrogen and oxygen atoms in total. The lowest BCUT2D eigenvalue weighted by atomic mass is 10.1. The molecule has 138 valence electrons. The average Bonchev–Trinajstić information content (AvgIpc) is 3.16. The Hall–Kier alpha value is -2.99. The van der Waals surface area contributed by atoms with Gasteiger partial charge in [0.25, 0.3) is 0 Å². The minimum absolute atomic E-state index is 0.0352. The van der Waals surface area contributed by atoms with E-state index in [2.05, 4.69) is 5.16 Å². The van der Waals surface area contributed by atoms with E-state index in [9.17, 15) is 4.79 Å². The molecule has 1 aromatic heterocycles. The SMILES string of the molecule is O=C(Cc1cc(Cl)c2c(c1)OCCO2)OCc1cc(-c2ccccc2)on1. The number of aromatic nitrogens is 1. The first kappa shape index (κ1) is 17.4. The van der Waals surface area contributed by atoms with Crippen molar-refractivity contribution in [3.8, 4) is 22.8 Å². The van der Waals surface area contributed by atoms with Crippen LogP contribution in [0.25, 0.3) is 11.3 Å². The van der Waals surface area contributed by atoms with Crippen molar-refractivity contribution in [1.82, 2.24) is 5.16 Å². The molecule has 3 aromatic rings. The van der Waals surface area contributed by atoms with E-state index in [-0.39, 0.29) is 13.0 Å². The maximum atomic E-state index is 12.1. The molecule has 0 fully saturated rings. The molecule has 2 aromatic carbocycles. The summed E-state index contributed by atoms with van der Waals surface area (Å²) < 4.78 is 21.6. The Balaban J connectivity index is 1.36. The average molecular weight is 386 g/mol. The summed E-state index contributed by atoms with van der Waals surface area (Å²) in [7, 11) is 0. The highest BCUT2D eigenvalue weighted by atomic mass is 35.5. The van der Waals surface area contributed by atoms with Crippen molar-refractivity contribution >= 4 is 17.6 Å². The Kier molecular flexibility index (Phi) is 4.98. The van der Waals surface area contributed by atoms with Gasteiger partial charge in [0.05, 0.1) is 11.4 Å². The summed E-state index contributed by atoms with van der Waals surface area (Å²) in [5.41, 5.74) is 2.15. The third kappa shape index (κ3) is 4.06. The van der Waals surface area contributed by atoms with E-state index in [4.69, 9.17) is 30.3 Å². The molecule has 27 heavy (non-hydrogen) atoms. The van der Waals surface area contributed by atoms with Gasteiger partial charge in [0, 0.05) is 11.6 Å². The second-order valence-electron chi connectivity index (χ2n) is 5.99. The van der Waals surface area contributed by atoms with Crippen LogP contribution >= 0.6 is 11.6 Å². The molecule has 0 N–H and O–H groups in total. The Morgan fingerprint density at radius 1 is 1.11 bits per heavy atom. The van der Waals surface area contributed by atoms with Crippen LogP contribution in [0.15, 0.2) is 53.1 Å². The summed E-state index contributed by atoms with van der Waals surface area (Å²) in [5, 5.41) is 4.35. The number of rotatable bonds is 5. The summed E-state index contributed by atoms with van der Waals surface area (Å²) in [6.07, 6.45) is 0.0692. The summed E-state index contributed by atoms with van der Waals surface area (Å²) in [6, 6.07) is 14.8. The van der Waals surface area contributed by atoms with Gasteiger partial charge < -0.3 is 18.7 Å². The van der Waals surface area contributed by atoms with E-state index >= 15 is 0 Å². The molecule has 1 aliphatic rings. The number of benzene rings is 2. The van der Waals surface area contributed by atoms with Gasteiger partial charge in [-0.05, 0) is 17.7 Å². The summed E-state index contributed by atoms with van der Waals surface area (Å²) in [6.45, 7) is 0.942. The van der Waals surface area contributed by atoms with E-state index in [1.54, 1.807) is 18.2 Å². The summed E-state index contributed by atoms with van der Waals surface area (Å²) in [4.78, 5) is 12.1. The maximum absolute atomic E-state index is 12.1. The molecule has 0 bridgehead atoms. The third-order valence-corrected chi connectivity index (χ3v) is 4.28. The van der Waals surface area contributed by atoms with E-state index < -0.39 is 5.97 Å². The minimum atomic E-state index is -0.396. The monoisotopic (exact) mass is 385 g/mol. The standard InChI is InChI=1S/C20H16ClNO5/c21-16-8-13(9-18-20(16)25-7-6-24-18)10-19(23)26-12-15-11-17(27-22-15)14-4-2-1-3-5-14/h1-5,8-9,11H,6-7,10,12H2. The van der Waals surface area contributed by atoms with Crippen molar-refractivity contribution in [1.29, 1.82) is 0 Å². The van der Waals surface area contributed by atoms with Gasteiger partial charge in [-0.3, -0.25) is 4.79 Å². The van der Waals surface area contributed by atoms with E-state index in [0.29, 0.717) is 46.8 Å². The number of fused-ring (bicyclic) bond motifs is 1. The molecule has 1 aliphatic heterocycles. The molecule has 0 saturated heterocycles. The van der Waals surface area contributed by atoms with Gasteiger partial charge in [-0.25, -0.2) is 0 Å². The van der Waals surface area contributed by atoms with Crippen molar-refractivity contribution in [3.63, 3.8) is 0 Å². The van der Waals surface area contributed by atoms with Crippen molar-refractivity contribution in [2.45, 2.75) is 13.0 Å². The molecular formula is C20H16ClNO5. The van der Waals surface area contributed by atoms with E-state index in [0.717, 1.165) is 5.56 Å². The Bertz CT molecular complexity index is 954. The fourth-order valence-corrected chi connectivity index (χ4v) is 3.04. The fourth-order valence-electron chi connectivity index (χ4n) is 2.76. The molecule has 4 rings (SSSR count). The lowest BCUT2D eigenvalue weighted by Crippen LogP contribution is -2.16. The summed E-state index contributed by atoms with van der Waals surface area (Å²) >= 11 is 6.19. The molecule has 0 spiro atoms. The Morgan fingerprint density at radius 3 is 2.78 bits per heavy atom. The third-order valence-electron chi connectivity index (χ3n) is 4.00. The number of hydrogen-bond acceptors (Lipinski definition) is 6. The van der Waals surface area contributed by atoms with Crippen molar-refractivity contribution < 1.29 is 23.5 Å². The summed E-state index contributed by atoms with van der Waals surface area (Å²) in [5.74, 6) is 1.28. The quantitative estimate of drug-likeness (QED) is 0.617. The van der Waals surface area contributed by atoms with Crippen molar-refractivity contribution in [2.24, 2.45) is 0 Å². The zero-order chi connectivity index (χ0) is 18.6. The number of halogens is 1. The predicted molar refractivity (Wildman–Crippen MR) is 97.9 cm³/mol. The lowest BCUT2D eigenvalue weighted by Gasteiger charge is -2.20. The second kappa shape index (κ2) is 7.72. The molecule has 7 heteroatoms. The zero-order valence-electron chi connectivity index (χ0n) is 14.3. The molecule has 0 unspecified atom stereocenters. The molecule has 0 radical (unpaired) electrons. The number of nitrogens with zero attached hydrogens (tertiary/aromatic N) is 1. The van der Waals surface area contributed by atoms with Crippen molar-refractivity contribution in [3.05, 3.63) is 64.8 Å². The molecule has 0 aliphatic carbocycles. The van der Waals surface area contributed by atoms with Crippen LogP contribution in [-0.4, -0.2) is 24.3 Å². The molecule has 0 saturated carbocycles. The number of ether oxygens (including phenoxy) is 3. The van der Waals surface area contributed by atoms with Crippen LogP contribution < -0.4 is 9.47 Å². The minimum Gasteiger partial charge on any atom is -0.486 e. The number of esters is 1. The molecular weight excluding hydrogens is 370 g/mol. The van der Waals surface area contributed by atoms with Gasteiger partial charge in [-0.2, -0.15) is 0 Å². The first-order chi connectivity index (χ1) is 13.2. The molecule has 0 atom stereocenters. The Labute approximate surface area is 160 Å². The Morgan fingerprint density at radius 2 is 1.93 bits per heavy atom. The van der Waals surface area contributed by atoms with Gasteiger partial charge in [0.15, 0.2) is 17.3 Å². The van der Waals surface area contributed by atoms with Gasteiger partial charge in [-0.1, -0.05) is 47.1 Å². The number of carbonyl (C=O) groups excluding carboxylic acids is 1. The van der Waals surface area contributed by atoms with Crippen LogP contribution in [0.2, 0.25) is 5.02 Å². The van der Waals surface area contributed by atoms with E-state index in [1.165, 1.54) is 0 Å². The van der Waals surface area contributed by atoms with Crippen LogP contribution in [0.5, 0.6) is 11.5 Å². The second-order valence-corrected chi connectivity index (χ2v) is 6.40. The predicted octanol–water partition coefficient (Wildman–Crippen LogP) is 4.05. The van der Waals surface area contributed by atoms with Crippen LogP contribution in [0.1, 0.15) is 11.3 Å². The van der Waals surface area contributed by atoms with Gasteiger partial charge in [0.1, 0.15) is 25.5 Å². The lowest BCUT2D eigenvalue weighted by molar-refractivity contribution is -0.144. The fraction of sp³-hybridized carbons (Fsp3) is 0.200. The number of carbonyl (C=O) groups is 1. The zero-order valence-corrected chi connectivity index (χ0v) is 15.1. The van der Waals surface area contributed by atoms with Crippen molar-refractivity contribution in [2.75, 3.05) is 13.2 Å². The molecule has 2 heterocycles. The van der Waals surface area contributed by atoms with Crippen LogP contribution in [-0.2, 0) is 22.6 Å². The highest BCUT2D eigenvalue weighted by Crippen LogP contribution is 2.38. The van der Waals surface area contributed by atoms with Gasteiger partial charge in [-0.15, -0.1) is 0 Å². The first-order valence-corrected chi connectivity index (χ1v) is 8.81. The topological polar surface area (TPSA) is 70.8 Å². The van der Waals surface area contributed by atoms with E-state index in [1.807, 2.05) is 30.3 Å². The van der Waals surface area contributed by atoms with Crippen LogP contribution in [0.4, 0.5) is 0 Å². The van der Waals surface area contributed by atoms with Gasteiger partial charge in [0.2, 0.25) is 0 Å². The van der Waals surface area contributed by atoms with Crippen LogP contribution in [0, 0.1) is 0 Å². The highest BCUT2D eigenvalue weighted by molar-refractivity contribution is 6.32. The maximum Gasteiger partial charge on any atom is 0.310 e.